The van der Waals surface area contributed by atoms with Crippen molar-refractivity contribution in [3.8, 4) is 11.5 Å². The van der Waals surface area contributed by atoms with Crippen LogP contribution in [0.2, 0.25) is 5.02 Å². The molecule has 182 valence electrons. The molecular weight excluding hydrogens is 480 g/mol. The van der Waals surface area contributed by atoms with E-state index in [0.717, 1.165) is 16.8 Å². The van der Waals surface area contributed by atoms with Gasteiger partial charge in [-0.25, -0.2) is 9.71 Å². The molecule has 2 aromatic carbocycles. The molecule has 0 radical (unpaired) electrons. The molecule has 3 rings (SSSR count). The number of hydrogen-bond acceptors (Lipinski definition) is 8. The number of halogens is 1. The minimum absolute atomic E-state index is 0.185. The monoisotopic (exact) mass is 506 g/mol. The fourth-order valence-corrected chi connectivity index (χ4v) is 4.14. The number of rotatable bonds is 11. The van der Waals surface area contributed by atoms with Crippen molar-refractivity contribution in [2.24, 2.45) is 0 Å². The third-order valence-corrected chi connectivity index (χ3v) is 6.15. The number of benzene rings is 2. The van der Waals surface area contributed by atoms with Crippen LogP contribution in [0.1, 0.15) is 18.1 Å². The summed E-state index contributed by atoms with van der Waals surface area (Å²) in [5, 5.41) is 6.77. The number of hydrogen-bond donors (Lipinski definition) is 4. The number of anilines is 4. The van der Waals surface area contributed by atoms with Crippen LogP contribution in [-0.4, -0.2) is 39.2 Å². The molecule has 34 heavy (non-hydrogen) atoms. The third-order valence-electron chi connectivity index (χ3n) is 4.68. The van der Waals surface area contributed by atoms with Crippen LogP contribution in [0.4, 0.5) is 23.1 Å². The van der Waals surface area contributed by atoms with Gasteiger partial charge in [-0.15, -0.1) is 0 Å². The summed E-state index contributed by atoms with van der Waals surface area (Å²) in [6, 6.07) is 10.8. The van der Waals surface area contributed by atoms with Crippen molar-refractivity contribution in [1.29, 1.82) is 0 Å². The molecule has 4 N–H and O–H groups in total. The topological polar surface area (TPSA) is 127 Å². The van der Waals surface area contributed by atoms with E-state index in [1.165, 1.54) is 14.2 Å². The fourth-order valence-electron chi connectivity index (χ4n) is 3.01. The molecule has 0 aliphatic rings. The summed E-state index contributed by atoms with van der Waals surface area (Å²) in [4.78, 5) is 8.89. The van der Waals surface area contributed by atoms with Crippen molar-refractivity contribution in [2.75, 3.05) is 31.4 Å². The maximum absolute atomic E-state index is 11.7. The van der Waals surface area contributed by atoms with E-state index < -0.39 is 10.2 Å². The molecule has 0 amide bonds. The van der Waals surface area contributed by atoms with Gasteiger partial charge in [0.25, 0.3) is 10.2 Å². The highest BCUT2D eigenvalue weighted by atomic mass is 35.5. The van der Waals surface area contributed by atoms with E-state index in [1.807, 2.05) is 31.2 Å². The normalized spacial score (nSPS) is 11.2. The Labute approximate surface area is 204 Å². The highest BCUT2D eigenvalue weighted by Gasteiger charge is 2.13. The summed E-state index contributed by atoms with van der Waals surface area (Å²) in [6.07, 6.45) is 1.70. The molecule has 3 aromatic rings. The summed E-state index contributed by atoms with van der Waals surface area (Å²) in [5.41, 5.74) is 3.10. The van der Waals surface area contributed by atoms with Gasteiger partial charge in [0, 0.05) is 42.3 Å². The Hall–Kier alpha value is -3.12. The van der Waals surface area contributed by atoms with Gasteiger partial charge in [0.05, 0.1) is 19.2 Å². The zero-order valence-corrected chi connectivity index (χ0v) is 20.8. The molecule has 1 heterocycles. The molecule has 12 heteroatoms. The van der Waals surface area contributed by atoms with Gasteiger partial charge in [-0.2, -0.15) is 18.1 Å². The lowest BCUT2D eigenvalue weighted by Gasteiger charge is -2.14. The first-order valence-corrected chi connectivity index (χ1v) is 12.2. The second-order valence-corrected chi connectivity index (χ2v) is 9.18. The number of nitrogens with one attached hydrogen (secondary N) is 4. The van der Waals surface area contributed by atoms with E-state index in [4.69, 9.17) is 21.1 Å². The largest absolute Gasteiger partial charge is 0.493 e. The molecule has 0 aliphatic carbocycles. The van der Waals surface area contributed by atoms with Gasteiger partial charge < -0.3 is 20.1 Å². The van der Waals surface area contributed by atoms with E-state index >= 15 is 0 Å². The van der Waals surface area contributed by atoms with Crippen molar-refractivity contribution in [3.05, 3.63) is 58.7 Å². The van der Waals surface area contributed by atoms with Gasteiger partial charge in [0.2, 0.25) is 5.95 Å². The molecular formula is C22H27ClN6O4S. The molecule has 0 unspecified atom stereocenters. The zero-order chi connectivity index (χ0) is 24.7. The maximum Gasteiger partial charge on any atom is 0.277 e. The van der Waals surface area contributed by atoms with Gasteiger partial charge in [-0.05, 0) is 30.7 Å². The summed E-state index contributed by atoms with van der Waals surface area (Å²) in [7, 11) is -0.446. The predicted octanol–water partition coefficient (Wildman–Crippen LogP) is 3.89. The lowest BCUT2D eigenvalue weighted by molar-refractivity contribution is 0.355. The van der Waals surface area contributed by atoms with Gasteiger partial charge in [-0.3, -0.25) is 0 Å². The quantitative estimate of drug-likeness (QED) is 0.308. The number of aromatic nitrogens is 2. The van der Waals surface area contributed by atoms with Crippen LogP contribution >= 0.6 is 11.6 Å². The van der Waals surface area contributed by atoms with Crippen molar-refractivity contribution in [1.82, 2.24) is 19.4 Å². The molecule has 0 fully saturated rings. The first-order valence-electron chi connectivity index (χ1n) is 10.4. The Morgan fingerprint density at radius 2 is 1.74 bits per heavy atom. The van der Waals surface area contributed by atoms with Crippen molar-refractivity contribution >= 4 is 45.0 Å². The van der Waals surface area contributed by atoms with Crippen LogP contribution in [0, 0.1) is 6.92 Å². The summed E-state index contributed by atoms with van der Waals surface area (Å²) in [6.45, 7) is 4.12. The Kier molecular flexibility index (Phi) is 8.51. The summed E-state index contributed by atoms with van der Waals surface area (Å²) >= 11 is 6.28. The van der Waals surface area contributed by atoms with Gasteiger partial charge >= 0.3 is 0 Å². The van der Waals surface area contributed by atoms with Gasteiger partial charge in [0.15, 0.2) is 11.5 Å². The average molecular weight is 507 g/mol. The molecule has 0 bridgehead atoms. The second kappa shape index (κ2) is 11.3. The smallest absolute Gasteiger partial charge is 0.277 e. The van der Waals surface area contributed by atoms with Crippen LogP contribution < -0.4 is 29.6 Å². The average Bonchev–Trinajstić information content (AvgIpc) is 2.80. The first kappa shape index (κ1) is 25.5. The van der Waals surface area contributed by atoms with Crippen LogP contribution in [0.25, 0.3) is 0 Å². The van der Waals surface area contributed by atoms with E-state index in [-0.39, 0.29) is 6.54 Å². The van der Waals surface area contributed by atoms with E-state index in [9.17, 15) is 8.42 Å². The van der Waals surface area contributed by atoms with Crippen molar-refractivity contribution < 1.29 is 17.9 Å². The molecule has 1 aromatic heterocycles. The SMILES string of the molecule is CCNS(=O)(=O)NCc1ccc(Nc2nc(Nc3cc(Cl)c(OC)c(OC)c3)ncc2C)cc1. The third kappa shape index (κ3) is 6.70. The van der Waals surface area contributed by atoms with E-state index in [2.05, 4.69) is 30.0 Å². The number of nitrogens with zero attached hydrogens (tertiary/aromatic N) is 2. The minimum Gasteiger partial charge on any atom is -0.493 e. The second-order valence-electron chi connectivity index (χ2n) is 7.19. The Bertz CT molecular complexity index is 1240. The van der Waals surface area contributed by atoms with Crippen LogP contribution in [0.3, 0.4) is 0 Å². The highest BCUT2D eigenvalue weighted by Crippen LogP contribution is 2.38. The molecule has 0 saturated carbocycles. The van der Waals surface area contributed by atoms with Crippen LogP contribution in [0.15, 0.2) is 42.6 Å². The van der Waals surface area contributed by atoms with E-state index in [0.29, 0.717) is 40.5 Å². The molecule has 0 atom stereocenters. The summed E-state index contributed by atoms with van der Waals surface area (Å²) in [5.74, 6) is 1.91. The van der Waals surface area contributed by atoms with Crippen LogP contribution in [-0.2, 0) is 16.8 Å². The number of ether oxygens (including phenoxy) is 2. The van der Waals surface area contributed by atoms with E-state index in [1.54, 1.807) is 25.3 Å². The number of methoxy groups -OCH3 is 2. The molecule has 10 nitrogen and oxygen atoms in total. The van der Waals surface area contributed by atoms with Crippen molar-refractivity contribution in [3.63, 3.8) is 0 Å². The van der Waals surface area contributed by atoms with Crippen molar-refractivity contribution in [2.45, 2.75) is 20.4 Å². The molecule has 0 saturated heterocycles. The zero-order valence-electron chi connectivity index (χ0n) is 19.3. The lowest BCUT2D eigenvalue weighted by Crippen LogP contribution is -2.35. The summed E-state index contributed by atoms with van der Waals surface area (Å²) < 4.78 is 38.9. The Morgan fingerprint density at radius 1 is 1.00 bits per heavy atom. The fraction of sp³-hybridized carbons (Fsp3) is 0.273. The lowest BCUT2D eigenvalue weighted by atomic mass is 10.2. The number of aryl methyl sites for hydroxylation is 1. The minimum atomic E-state index is -3.50. The first-order chi connectivity index (χ1) is 16.2. The van der Waals surface area contributed by atoms with Crippen LogP contribution in [0.5, 0.6) is 11.5 Å². The molecule has 0 aliphatic heterocycles. The molecule has 0 spiro atoms. The Morgan fingerprint density at radius 3 is 2.38 bits per heavy atom. The standard InChI is InChI=1S/C22H27ClN6O4S/c1-5-25-34(30,31)26-13-15-6-8-16(9-7-15)27-21-14(2)12-24-22(29-21)28-17-10-18(23)20(33-4)19(11-17)32-3/h6-12,25-26H,5,13H2,1-4H3,(H2,24,27,28,29). The maximum atomic E-state index is 11.7. The van der Waals surface area contributed by atoms with Gasteiger partial charge in [-0.1, -0.05) is 30.7 Å². The Balaban J connectivity index is 1.72. The van der Waals surface area contributed by atoms with Gasteiger partial charge in [0.1, 0.15) is 5.82 Å². The predicted molar refractivity (Wildman–Crippen MR) is 134 cm³/mol. The highest BCUT2D eigenvalue weighted by molar-refractivity contribution is 7.87.